The Bertz CT molecular complexity index is 1400. The number of rotatable bonds is 10. The number of para-hydroxylation sites is 1. The van der Waals surface area contributed by atoms with Crippen LogP contribution >= 0.6 is 0 Å². The van der Waals surface area contributed by atoms with Gasteiger partial charge in [-0.3, -0.25) is 13.9 Å². The van der Waals surface area contributed by atoms with Crippen molar-refractivity contribution in [2.45, 2.75) is 70.0 Å². The van der Waals surface area contributed by atoms with Crippen LogP contribution in [0.3, 0.4) is 0 Å². The molecule has 1 N–H and O–H groups in total. The van der Waals surface area contributed by atoms with E-state index in [0.29, 0.717) is 5.69 Å². The van der Waals surface area contributed by atoms with Crippen molar-refractivity contribution in [2.24, 2.45) is 0 Å². The molecule has 0 spiro atoms. The number of anilines is 1. The fourth-order valence-corrected chi connectivity index (χ4v) is 6.56. The first-order valence-corrected chi connectivity index (χ1v) is 14.9. The van der Waals surface area contributed by atoms with E-state index < -0.39 is 28.5 Å². The van der Waals surface area contributed by atoms with Gasteiger partial charge in [-0.1, -0.05) is 79.1 Å². The Balaban J connectivity index is 1.69. The van der Waals surface area contributed by atoms with E-state index in [2.05, 4.69) is 5.32 Å². The number of nitrogens with one attached hydrogen (secondary N) is 1. The van der Waals surface area contributed by atoms with E-state index in [9.17, 15) is 18.0 Å². The number of sulfonamides is 1. The largest absolute Gasteiger partial charge is 0.352 e. The van der Waals surface area contributed by atoms with E-state index in [1.54, 1.807) is 37.3 Å². The Hall–Kier alpha value is -3.65. The van der Waals surface area contributed by atoms with Gasteiger partial charge in [0.25, 0.3) is 10.0 Å². The van der Waals surface area contributed by atoms with Crippen LogP contribution in [0.2, 0.25) is 0 Å². The number of hydrogen-bond donors (Lipinski definition) is 1. The van der Waals surface area contributed by atoms with E-state index in [1.165, 1.54) is 17.0 Å². The summed E-state index contributed by atoms with van der Waals surface area (Å²) in [5, 5.41) is 3.10. The van der Waals surface area contributed by atoms with Gasteiger partial charge in [0.05, 0.1) is 10.6 Å². The molecule has 1 saturated carbocycles. The van der Waals surface area contributed by atoms with Gasteiger partial charge < -0.3 is 10.2 Å². The number of carbonyl (C=O) groups excluding carboxylic acids is 2. The van der Waals surface area contributed by atoms with E-state index >= 15 is 0 Å². The zero-order valence-electron chi connectivity index (χ0n) is 22.8. The van der Waals surface area contributed by atoms with Crippen LogP contribution in [0.4, 0.5) is 5.69 Å². The van der Waals surface area contributed by atoms with Crippen LogP contribution in [0.5, 0.6) is 0 Å². The molecule has 1 aliphatic carbocycles. The predicted octanol–water partition coefficient (Wildman–Crippen LogP) is 4.97. The van der Waals surface area contributed by atoms with Crippen molar-refractivity contribution in [3.63, 3.8) is 0 Å². The lowest BCUT2D eigenvalue weighted by molar-refractivity contribution is -0.139. The average molecular weight is 548 g/mol. The standard InChI is InChI=1S/C31H37N3O4S/c1-23-12-11-14-26(20-23)21-33(25(3)31(36)32-27-15-8-9-16-27)30(35)22-34(29-19-10-7-13-24(29)2)39(37,38)28-17-5-4-6-18-28/h4-7,10-14,17-20,25,27H,8-9,15-16,21-22H2,1-3H3,(H,32,36). The Morgan fingerprint density at radius 1 is 0.923 bits per heavy atom. The number of aryl methyl sites for hydroxylation is 2. The summed E-state index contributed by atoms with van der Waals surface area (Å²) in [6, 6.07) is 22.3. The summed E-state index contributed by atoms with van der Waals surface area (Å²) >= 11 is 0. The van der Waals surface area contributed by atoms with E-state index in [1.807, 2.05) is 50.2 Å². The Morgan fingerprint density at radius 2 is 1.59 bits per heavy atom. The molecule has 4 rings (SSSR count). The molecule has 0 aromatic heterocycles. The Kier molecular flexibility index (Phi) is 9.07. The van der Waals surface area contributed by atoms with Crippen molar-refractivity contribution in [2.75, 3.05) is 10.8 Å². The molecular weight excluding hydrogens is 510 g/mol. The lowest BCUT2D eigenvalue weighted by Gasteiger charge is -2.33. The molecule has 3 aromatic rings. The molecule has 1 fully saturated rings. The Morgan fingerprint density at radius 3 is 2.26 bits per heavy atom. The summed E-state index contributed by atoms with van der Waals surface area (Å²) in [4.78, 5) is 28.9. The molecule has 0 heterocycles. The van der Waals surface area contributed by atoms with Crippen molar-refractivity contribution in [1.29, 1.82) is 0 Å². The predicted molar refractivity (Wildman–Crippen MR) is 154 cm³/mol. The number of nitrogens with zero attached hydrogens (tertiary/aromatic N) is 2. The minimum Gasteiger partial charge on any atom is -0.352 e. The highest BCUT2D eigenvalue weighted by molar-refractivity contribution is 7.92. The first-order valence-electron chi connectivity index (χ1n) is 13.5. The van der Waals surface area contributed by atoms with E-state index in [-0.39, 0.29) is 23.4 Å². The molecule has 0 saturated heterocycles. The highest BCUT2D eigenvalue weighted by Gasteiger charge is 2.33. The molecule has 0 radical (unpaired) electrons. The quantitative estimate of drug-likeness (QED) is 0.388. The maximum atomic E-state index is 14.0. The van der Waals surface area contributed by atoms with E-state index in [0.717, 1.165) is 46.7 Å². The molecule has 39 heavy (non-hydrogen) atoms. The third-order valence-corrected chi connectivity index (χ3v) is 9.07. The molecule has 206 valence electrons. The second-order valence-corrected chi connectivity index (χ2v) is 12.2. The topological polar surface area (TPSA) is 86.8 Å². The summed E-state index contributed by atoms with van der Waals surface area (Å²) in [5.74, 6) is -0.676. The molecule has 1 atom stereocenters. The average Bonchev–Trinajstić information content (AvgIpc) is 3.44. The van der Waals surface area contributed by atoms with Gasteiger partial charge in [-0.2, -0.15) is 0 Å². The minimum atomic E-state index is -4.06. The maximum absolute atomic E-state index is 14.0. The third kappa shape index (κ3) is 6.87. The molecule has 7 nitrogen and oxygen atoms in total. The molecule has 3 aromatic carbocycles. The third-order valence-electron chi connectivity index (χ3n) is 7.30. The van der Waals surface area contributed by atoms with Crippen molar-refractivity contribution >= 4 is 27.5 Å². The van der Waals surface area contributed by atoms with Crippen molar-refractivity contribution in [3.8, 4) is 0 Å². The smallest absolute Gasteiger partial charge is 0.264 e. The molecule has 1 unspecified atom stereocenters. The van der Waals surface area contributed by atoms with Gasteiger partial charge in [0.2, 0.25) is 11.8 Å². The summed E-state index contributed by atoms with van der Waals surface area (Å²) in [5.41, 5.74) is 3.06. The van der Waals surface area contributed by atoms with Gasteiger partial charge in [0.1, 0.15) is 12.6 Å². The zero-order valence-corrected chi connectivity index (χ0v) is 23.7. The monoisotopic (exact) mass is 547 g/mol. The molecular formula is C31H37N3O4S. The van der Waals surface area contributed by atoms with Crippen LogP contribution in [-0.2, 0) is 26.2 Å². The second-order valence-electron chi connectivity index (χ2n) is 10.3. The summed E-state index contributed by atoms with van der Waals surface area (Å²) in [6.45, 7) is 5.25. The van der Waals surface area contributed by atoms with Crippen molar-refractivity contribution < 1.29 is 18.0 Å². The van der Waals surface area contributed by atoms with Gasteiger partial charge in [-0.25, -0.2) is 8.42 Å². The Labute approximate surface area is 231 Å². The number of amides is 2. The molecule has 1 aliphatic rings. The number of carbonyl (C=O) groups is 2. The minimum absolute atomic E-state index is 0.0957. The molecule has 0 aliphatic heterocycles. The lowest BCUT2D eigenvalue weighted by Crippen LogP contribution is -2.52. The van der Waals surface area contributed by atoms with Crippen LogP contribution in [0.25, 0.3) is 0 Å². The first-order chi connectivity index (χ1) is 18.7. The summed E-state index contributed by atoms with van der Waals surface area (Å²) in [6.07, 6.45) is 4.02. The second kappa shape index (κ2) is 12.5. The summed E-state index contributed by atoms with van der Waals surface area (Å²) in [7, 11) is -4.06. The van der Waals surface area contributed by atoms with Gasteiger partial charge in [0.15, 0.2) is 0 Å². The highest BCUT2D eigenvalue weighted by Crippen LogP contribution is 2.27. The van der Waals surface area contributed by atoms with Crippen molar-refractivity contribution in [1.82, 2.24) is 10.2 Å². The first kappa shape index (κ1) is 28.4. The number of benzene rings is 3. The normalized spacial score (nSPS) is 14.5. The fraction of sp³-hybridized carbons (Fsp3) is 0.355. The zero-order chi connectivity index (χ0) is 28.0. The SMILES string of the molecule is Cc1cccc(CN(C(=O)CN(c2ccccc2C)S(=O)(=O)c2ccccc2)C(C)C(=O)NC2CCCC2)c1. The lowest BCUT2D eigenvalue weighted by atomic mass is 10.1. The fourth-order valence-electron chi connectivity index (χ4n) is 5.06. The van der Waals surface area contributed by atoms with E-state index in [4.69, 9.17) is 0 Å². The molecule has 2 amide bonds. The van der Waals surface area contributed by atoms with Gasteiger partial charge >= 0.3 is 0 Å². The van der Waals surface area contributed by atoms with Gasteiger partial charge in [-0.05, 0) is 62.9 Å². The van der Waals surface area contributed by atoms with Crippen LogP contribution in [0, 0.1) is 13.8 Å². The van der Waals surface area contributed by atoms with Crippen LogP contribution in [0.1, 0.15) is 49.3 Å². The highest BCUT2D eigenvalue weighted by atomic mass is 32.2. The number of hydrogen-bond acceptors (Lipinski definition) is 4. The molecule has 8 heteroatoms. The van der Waals surface area contributed by atoms with Crippen molar-refractivity contribution in [3.05, 3.63) is 95.6 Å². The van der Waals surface area contributed by atoms with Gasteiger partial charge in [-0.15, -0.1) is 0 Å². The summed E-state index contributed by atoms with van der Waals surface area (Å²) < 4.78 is 28.9. The maximum Gasteiger partial charge on any atom is 0.264 e. The van der Waals surface area contributed by atoms with Crippen LogP contribution in [-0.4, -0.2) is 43.8 Å². The molecule has 0 bridgehead atoms. The van der Waals surface area contributed by atoms with Crippen LogP contribution < -0.4 is 9.62 Å². The van der Waals surface area contributed by atoms with Crippen LogP contribution in [0.15, 0.2) is 83.8 Å². The van der Waals surface area contributed by atoms with Gasteiger partial charge in [0, 0.05) is 12.6 Å².